The predicted molar refractivity (Wildman–Crippen MR) is 111 cm³/mol. The largest absolute Gasteiger partial charge is 0.352 e. The first-order valence-electron chi connectivity index (χ1n) is 10.2. The van der Waals surface area contributed by atoms with Gasteiger partial charge in [0.2, 0.25) is 0 Å². The van der Waals surface area contributed by atoms with Crippen LogP contribution in [0, 0.1) is 0 Å². The van der Waals surface area contributed by atoms with Crippen molar-refractivity contribution in [3.05, 3.63) is 60.2 Å². The van der Waals surface area contributed by atoms with Gasteiger partial charge in [0, 0.05) is 12.1 Å². The molecule has 0 bridgehead atoms. The van der Waals surface area contributed by atoms with Gasteiger partial charge < -0.3 is 5.32 Å². The highest BCUT2D eigenvalue weighted by Gasteiger charge is 2.05. The SMILES string of the molecule is CCCCCCCCCCCNC(=O)c1ccc(-c2ccccc2)cc1. The Morgan fingerprint density at radius 1 is 0.692 bits per heavy atom. The Labute approximate surface area is 159 Å². The smallest absolute Gasteiger partial charge is 0.251 e. The van der Waals surface area contributed by atoms with E-state index in [0.29, 0.717) is 0 Å². The molecule has 26 heavy (non-hydrogen) atoms. The maximum atomic E-state index is 12.2. The molecule has 2 heteroatoms. The number of unbranched alkanes of at least 4 members (excludes halogenated alkanes) is 8. The maximum Gasteiger partial charge on any atom is 0.251 e. The molecule has 0 spiro atoms. The van der Waals surface area contributed by atoms with Crippen molar-refractivity contribution in [2.24, 2.45) is 0 Å². The zero-order valence-electron chi connectivity index (χ0n) is 16.2. The fourth-order valence-electron chi connectivity index (χ4n) is 3.18. The molecule has 0 saturated carbocycles. The molecular weight excluding hydrogens is 318 g/mol. The van der Waals surface area contributed by atoms with Crippen molar-refractivity contribution in [2.75, 3.05) is 6.54 Å². The molecule has 0 aliphatic carbocycles. The second kappa shape index (κ2) is 12.3. The minimum absolute atomic E-state index is 0.0316. The number of carbonyl (C=O) groups excluding carboxylic acids is 1. The summed E-state index contributed by atoms with van der Waals surface area (Å²) >= 11 is 0. The molecular formula is C24H33NO. The average Bonchev–Trinajstić information content (AvgIpc) is 2.70. The third-order valence-electron chi connectivity index (χ3n) is 4.82. The van der Waals surface area contributed by atoms with E-state index in [2.05, 4.69) is 24.4 Å². The van der Waals surface area contributed by atoms with Gasteiger partial charge in [0.05, 0.1) is 0 Å². The molecule has 0 saturated heterocycles. The third-order valence-corrected chi connectivity index (χ3v) is 4.82. The Bertz CT molecular complexity index is 618. The first-order valence-corrected chi connectivity index (χ1v) is 10.2. The molecule has 1 amide bonds. The van der Waals surface area contributed by atoms with Crippen LogP contribution in [-0.2, 0) is 0 Å². The van der Waals surface area contributed by atoms with E-state index in [1.54, 1.807) is 0 Å². The van der Waals surface area contributed by atoms with Gasteiger partial charge in [-0.1, -0.05) is 101 Å². The van der Waals surface area contributed by atoms with Crippen LogP contribution < -0.4 is 5.32 Å². The molecule has 0 fully saturated rings. The number of rotatable bonds is 12. The number of carbonyl (C=O) groups is 1. The molecule has 0 aliphatic rings. The predicted octanol–water partition coefficient (Wildman–Crippen LogP) is 6.61. The summed E-state index contributed by atoms with van der Waals surface area (Å²) in [6.45, 7) is 3.03. The van der Waals surface area contributed by atoms with Crippen LogP contribution in [0.4, 0.5) is 0 Å². The molecule has 0 aliphatic heterocycles. The van der Waals surface area contributed by atoms with Crippen LogP contribution in [-0.4, -0.2) is 12.5 Å². The minimum atomic E-state index is 0.0316. The normalized spacial score (nSPS) is 10.7. The summed E-state index contributed by atoms with van der Waals surface area (Å²) in [5.74, 6) is 0.0316. The second-order valence-electron chi connectivity index (χ2n) is 7.03. The van der Waals surface area contributed by atoms with E-state index in [4.69, 9.17) is 0 Å². The molecule has 2 nitrogen and oxygen atoms in total. The summed E-state index contributed by atoms with van der Waals surface area (Å²) in [6, 6.07) is 18.1. The van der Waals surface area contributed by atoms with Crippen LogP contribution >= 0.6 is 0 Å². The zero-order chi connectivity index (χ0) is 18.5. The van der Waals surface area contributed by atoms with E-state index in [0.717, 1.165) is 24.1 Å². The van der Waals surface area contributed by atoms with E-state index in [1.807, 2.05) is 42.5 Å². The summed E-state index contributed by atoms with van der Waals surface area (Å²) in [6.07, 6.45) is 11.7. The highest BCUT2D eigenvalue weighted by atomic mass is 16.1. The van der Waals surface area contributed by atoms with Gasteiger partial charge in [-0.3, -0.25) is 4.79 Å². The van der Waals surface area contributed by atoms with E-state index in [9.17, 15) is 4.79 Å². The lowest BCUT2D eigenvalue weighted by atomic mass is 10.0. The van der Waals surface area contributed by atoms with Crippen LogP contribution in [0.2, 0.25) is 0 Å². The molecule has 2 aromatic rings. The lowest BCUT2D eigenvalue weighted by Crippen LogP contribution is -2.24. The molecule has 2 aromatic carbocycles. The standard InChI is InChI=1S/C24H33NO/c1-2-3-4-5-6-7-8-9-13-20-25-24(26)23-18-16-22(17-19-23)21-14-11-10-12-15-21/h10-12,14-19H,2-9,13,20H2,1H3,(H,25,26). The van der Waals surface area contributed by atoms with Gasteiger partial charge in [-0.15, -0.1) is 0 Å². The fourth-order valence-corrected chi connectivity index (χ4v) is 3.18. The molecule has 1 N–H and O–H groups in total. The van der Waals surface area contributed by atoms with Crippen LogP contribution in [0.25, 0.3) is 11.1 Å². The van der Waals surface area contributed by atoms with Gasteiger partial charge in [-0.05, 0) is 29.7 Å². The average molecular weight is 352 g/mol. The van der Waals surface area contributed by atoms with Crippen molar-refractivity contribution in [1.82, 2.24) is 5.32 Å². The summed E-state index contributed by atoms with van der Waals surface area (Å²) in [4.78, 5) is 12.2. The van der Waals surface area contributed by atoms with Gasteiger partial charge in [-0.25, -0.2) is 0 Å². The van der Waals surface area contributed by atoms with Gasteiger partial charge >= 0.3 is 0 Å². The molecule has 2 rings (SSSR count). The van der Waals surface area contributed by atoms with Crippen molar-refractivity contribution >= 4 is 5.91 Å². The number of nitrogens with one attached hydrogen (secondary N) is 1. The Balaban J connectivity index is 1.60. The summed E-state index contributed by atoms with van der Waals surface area (Å²) < 4.78 is 0. The van der Waals surface area contributed by atoms with Gasteiger partial charge in [-0.2, -0.15) is 0 Å². The van der Waals surface area contributed by atoms with E-state index in [-0.39, 0.29) is 5.91 Å². The third kappa shape index (κ3) is 7.43. The summed E-state index contributed by atoms with van der Waals surface area (Å²) in [5.41, 5.74) is 3.05. The van der Waals surface area contributed by atoms with Crippen LogP contribution in [0.15, 0.2) is 54.6 Å². The monoisotopic (exact) mass is 351 g/mol. The highest BCUT2D eigenvalue weighted by molar-refractivity contribution is 5.94. The number of hydrogen-bond donors (Lipinski definition) is 1. The topological polar surface area (TPSA) is 29.1 Å². The maximum absolute atomic E-state index is 12.2. The minimum Gasteiger partial charge on any atom is -0.352 e. The van der Waals surface area contributed by atoms with Gasteiger partial charge in [0.1, 0.15) is 0 Å². The molecule has 0 atom stereocenters. The van der Waals surface area contributed by atoms with Crippen molar-refractivity contribution in [1.29, 1.82) is 0 Å². The first kappa shape index (κ1) is 20.2. The molecule has 0 aromatic heterocycles. The first-order chi connectivity index (χ1) is 12.8. The van der Waals surface area contributed by atoms with Crippen molar-refractivity contribution < 1.29 is 4.79 Å². The Morgan fingerprint density at radius 3 is 1.85 bits per heavy atom. The van der Waals surface area contributed by atoms with Crippen LogP contribution in [0.1, 0.15) is 75.1 Å². The molecule has 0 radical (unpaired) electrons. The Hall–Kier alpha value is -2.09. The van der Waals surface area contributed by atoms with E-state index >= 15 is 0 Å². The number of hydrogen-bond acceptors (Lipinski definition) is 1. The fraction of sp³-hybridized carbons (Fsp3) is 0.458. The lowest BCUT2D eigenvalue weighted by molar-refractivity contribution is 0.0953. The van der Waals surface area contributed by atoms with E-state index in [1.165, 1.54) is 56.9 Å². The lowest BCUT2D eigenvalue weighted by Gasteiger charge is -2.07. The van der Waals surface area contributed by atoms with E-state index < -0.39 is 0 Å². The quantitative estimate of drug-likeness (QED) is 0.428. The van der Waals surface area contributed by atoms with Gasteiger partial charge in [0.15, 0.2) is 0 Å². The van der Waals surface area contributed by atoms with Crippen molar-refractivity contribution in [2.45, 2.75) is 64.7 Å². The number of benzene rings is 2. The molecule has 140 valence electrons. The number of amides is 1. The molecule has 0 heterocycles. The van der Waals surface area contributed by atoms with Crippen LogP contribution in [0.5, 0.6) is 0 Å². The molecule has 0 unspecified atom stereocenters. The second-order valence-corrected chi connectivity index (χ2v) is 7.03. The zero-order valence-corrected chi connectivity index (χ0v) is 16.2. The van der Waals surface area contributed by atoms with Crippen molar-refractivity contribution in [3.8, 4) is 11.1 Å². The van der Waals surface area contributed by atoms with Crippen LogP contribution in [0.3, 0.4) is 0 Å². The summed E-state index contributed by atoms with van der Waals surface area (Å²) in [7, 11) is 0. The van der Waals surface area contributed by atoms with Crippen molar-refractivity contribution in [3.63, 3.8) is 0 Å². The van der Waals surface area contributed by atoms with Gasteiger partial charge in [0.25, 0.3) is 5.91 Å². The highest BCUT2D eigenvalue weighted by Crippen LogP contribution is 2.19. The Morgan fingerprint density at radius 2 is 1.23 bits per heavy atom. The Kier molecular flexibility index (Phi) is 9.56. The summed E-state index contributed by atoms with van der Waals surface area (Å²) in [5, 5.41) is 3.04.